The molecule has 0 radical (unpaired) electrons. The van der Waals surface area contributed by atoms with E-state index in [2.05, 4.69) is 10.1 Å². The Morgan fingerprint density at radius 1 is 1.18 bits per heavy atom. The summed E-state index contributed by atoms with van der Waals surface area (Å²) in [6.07, 6.45) is 0. The Morgan fingerprint density at radius 2 is 1.86 bits per heavy atom. The molecule has 0 saturated carbocycles. The second-order valence-corrected chi connectivity index (χ2v) is 7.18. The molecule has 1 heterocycles. The zero-order valence-electron chi connectivity index (χ0n) is 11.6. The van der Waals surface area contributed by atoms with Gasteiger partial charge in [0.1, 0.15) is 10.6 Å². The van der Waals surface area contributed by atoms with Crippen LogP contribution < -0.4 is 5.32 Å². The molecule has 0 unspecified atom stereocenters. The van der Waals surface area contributed by atoms with E-state index in [1.54, 1.807) is 23.6 Å². The van der Waals surface area contributed by atoms with Gasteiger partial charge >= 0.3 is 5.97 Å². The molecule has 116 valence electrons. The summed E-state index contributed by atoms with van der Waals surface area (Å²) in [7, 11) is -2.50. The number of rotatable bonds is 5. The van der Waals surface area contributed by atoms with Gasteiger partial charge in [0.05, 0.1) is 17.7 Å². The lowest BCUT2D eigenvalue weighted by molar-refractivity contribution is -0.113. The predicted molar refractivity (Wildman–Crippen MR) is 82.8 cm³/mol. The van der Waals surface area contributed by atoms with E-state index in [-0.39, 0.29) is 15.5 Å². The van der Waals surface area contributed by atoms with E-state index in [9.17, 15) is 18.0 Å². The molecule has 1 N–H and O–H groups in total. The maximum absolute atomic E-state index is 12.1. The third-order valence-electron chi connectivity index (χ3n) is 2.73. The number of hydrogen-bond acceptors (Lipinski definition) is 6. The number of carbonyl (C=O) groups excluding carboxylic acids is 2. The van der Waals surface area contributed by atoms with Crippen LogP contribution in [-0.4, -0.2) is 33.2 Å². The Labute approximate surface area is 131 Å². The average Bonchev–Trinajstić information content (AvgIpc) is 2.94. The van der Waals surface area contributed by atoms with Gasteiger partial charge in [0.2, 0.25) is 5.91 Å². The smallest absolute Gasteiger partial charge is 0.350 e. The van der Waals surface area contributed by atoms with E-state index in [1.165, 1.54) is 25.3 Å². The Kier molecular flexibility index (Phi) is 4.94. The molecule has 8 heteroatoms. The Hall–Kier alpha value is -2.19. The van der Waals surface area contributed by atoms with Crippen molar-refractivity contribution >= 4 is 38.7 Å². The molecule has 0 spiro atoms. The van der Waals surface area contributed by atoms with Crippen molar-refractivity contribution in [2.45, 2.75) is 4.90 Å². The van der Waals surface area contributed by atoms with E-state index < -0.39 is 27.5 Å². The minimum Gasteiger partial charge on any atom is -0.465 e. The third kappa shape index (κ3) is 3.71. The van der Waals surface area contributed by atoms with Gasteiger partial charge < -0.3 is 10.1 Å². The highest BCUT2D eigenvalue weighted by atomic mass is 32.2. The van der Waals surface area contributed by atoms with Crippen LogP contribution in [0.4, 0.5) is 5.69 Å². The molecule has 0 aliphatic carbocycles. The van der Waals surface area contributed by atoms with E-state index in [1.807, 2.05) is 0 Å². The van der Waals surface area contributed by atoms with Gasteiger partial charge in [-0.05, 0) is 23.6 Å². The lowest BCUT2D eigenvalue weighted by Gasteiger charge is -2.06. The zero-order valence-corrected chi connectivity index (χ0v) is 13.2. The van der Waals surface area contributed by atoms with Gasteiger partial charge in [0.25, 0.3) is 0 Å². The molecule has 6 nitrogen and oxygen atoms in total. The summed E-state index contributed by atoms with van der Waals surface area (Å²) in [6, 6.07) is 9.22. The van der Waals surface area contributed by atoms with Crippen LogP contribution in [-0.2, 0) is 19.4 Å². The molecule has 2 aromatic rings. The fourth-order valence-corrected chi connectivity index (χ4v) is 3.65. The average molecular weight is 339 g/mol. The third-order valence-corrected chi connectivity index (χ3v) is 5.26. The number of hydrogen-bond donors (Lipinski definition) is 1. The van der Waals surface area contributed by atoms with Crippen molar-refractivity contribution in [3.05, 3.63) is 46.7 Å². The largest absolute Gasteiger partial charge is 0.465 e. The fourth-order valence-electron chi connectivity index (χ4n) is 1.73. The molecule has 1 aromatic carbocycles. The van der Waals surface area contributed by atoms with Crippen LogP contribution in [0.5, 0.6) is 0 Å². The maximum atomic E-state index is 12.1. The van der Waals surface area contributed by atoms with Crippen LogP contribution in [0.3, 0.4) is 0 Å². The summed E-state index contributed by atoms with van der Waals surface area (Å²) in [5.41, 5.74) is 0.241. The lowest BCUT2D eigenvalue weighted by Crippen LogP contribution is -2.23. The number of esters is 1. The van der Waals surface area contributed by atoms with E-state index in [0.717, 1.165) is 11.3 Å². The molecular weight excluding hydrogens is 326 g/mol. The summed E-state index contributed by atoms with van der Waals surface area (Å²) < 4.78 is 28.8. The lowest BCUT2D eigenvalue weighted by atomic mass is 10.4. The number of nitrogens with one attached hydrogen (secondary N) is 1. The quantitative estimate of drug-likeness (QED) is 0.841. The summed E-state index contributed by atoms with van der Waals surface area (Å²) in [6.45, 7) is 0. The summed E-state index contributed by atoms with van der Waals surface area (Å²) in [4.78, 5) is 23.7. The van der Waals surface area contributed by atoms with Crippen molar-refractivity contribution in [2.24, 2.45) is 0 Å². The molecule has 0 aliphatic rings. The van der Waals surface area contributed by atoms with Gasteiger partial charge in [-0.15, -0.1) is 11.3 Å². The molecule has 0 aliphatic heterocycles. The second-order valence-electron chi connectivity index (χ2n) is 4.28. The van der Waals surface area contributed by atoms with Crippen molar-refractivity contribution in [1.82, 2.24) is 0 Å². The highest BCUT2D eigenvalue weighted by Gasteiger charge is 2.21. The van der Waals surface area contributed by atoms with E-state index >= 15 is 0 Å². The Bertz CT molecular complexity index is 781. The van der Waals surface area contributed by atoms with Crippen LogP contribution in [0.25, 0.3) is 0 Å². The van der Waals surface area contributed by atoms with Gasteiger partial charge in [-0.1, -0.05) is 18.2 Å². The SMILES string of the molecule is COC(=O)c1sccc1NC(=O)CS(=O)(=O)c1ccccc1. The van der Waals surface area contributed by atoms with E-state index in [4.69, 9.17) is 0 Å². The monoisotopic (exact) mass is 339 g/mol. The number of sulfone groups is 1. The van der Waals surface area contributed by atoms with Crippen LogP contribution in [0, 0.1) is 0 Å². The molecule has 0 fully saturated rings. The number of benzene rings is 1. The van der Waals surface area contributed by atoms with Crippen LogP contribution >= 0.6 is 11.3 Å². The zero-order chi connectivity index (χ0) is 16.2. The van der Waals surface area contributed by atoms with Gasteiger partial charge in [-0.3, -0.25) is 4.79 Å². The van der Waals surface area contributed by atoms with Crippen LogP contribution in [0.1, 0.15) is 9.67 Å². The topological polar surface area (TPSA) is 89.5 Å². The summed E-state index contributed by atoms with van der Waals surface area (Å²) in [5.74, 6) is -2.00. The number of anilines is 1. The molecule has 0 saturated heterocycles. The molecular formula is C14H13NO5S2. The number of thiophene rings is 1. The standard InChI is InChI=1S/C14H13NO5S2/c1-20-14(17)13-11(7-8-21-13)15-12(16)9-22(18,19)10-5-3-2-4-6-10/h2-8H,9H2,1H3,(H,15,16). The van der Waals surface area contributed by atoms with Gasteiger partial charge in [-0.2, -0.15) is 0 Å². The first-order chi connectivity index (χ1) is 10.4. The summed E-state index contributed by atoms with van der Waals surface area (Å²) in [5, 5.41) is 4.03. The molecule has 0 bridgehead atoms. The Balaban J connectivity index is 2.11. The number of carbonyl (C=O) groups is 2. The van der Waals surface area contributed by atoms with Crippen molar-refractivity contribution in [2.75, 3.05) is 18.2 Å². The normalized spacial score (nSPS) is 11.0. The molecule has 1 aromatic heterocycles. The number of ether oxygens (including phenoxy) is 1. The van der Waals surface area contributed by atoms with Gasteiger partial charge in [-0.25, -0.2) is 13.2 Å². The molecule has 1 amide bonds. The van der Waals surface area contributed by atoms with E-state index in [0.29, 0.717) is 0 Å². The Morgan fingerprint density at radius 3 is 2.50 bits per heavy atom. The summed E-state index contributed by atoms with van der Waals surface area (Å²) >= 11 is 1.10. The fraction of sp³-hybridized carbons (Fsp3) is 0.143. The van der Waals surface area contributed by atoms with Crippen molar-refractivity contribution < 1.29 is 22.7 Å². The molecule has 0 atom stereocenters. The minimum atomic E-state index is -3.73. The number of methoxy groups -OCH3 is 1. The first-order valence-corrected chi connectivity index (χ1v) is 8.70. The first-order valence-electron chi connectivity index (χ1n) is 6.17. The first kappa shape index (κ1) is 16.2. The van der Waals surface area contributed by atoms with Crippen molar-refractivity contribution in [1.29, 1.82) is 0 Å². The molecule has 22 heavy (non-hydrogen) atoms. The highest BCUT2D eigenvalue weighted by Crippen LogP contribution is 2.23. The maximum Gasteiger partial charge on any atom is 0.350 e. The van der Waals surface area contributed by atoms with Gasteiger partial charge in [0, 0.05) is 0 Å². The van der Waals surface area contributed by atoms with Crippen LogP contribution in [0.2, 0.25) is 0 Å². The highest BCUT2D eigenvalue weighted by molar-refractivity contribution is 7.92. The predicted octanol–water partition coefficient (Wildman–Crippen LogP) is 1.95. The molecule has 2 rings (SSSR count). The van der Waals surface area contributed by atoms with Crippen molar-refractivity contribution in [3.8, 4) is 0 Å². The second kappa shape index (κ2) is 6.71. The van der Waals surface area contributed by atoms with Crippen molar-refractivity contribution in [3.63, 3.8) is 0 Å². The number of amides is 1. The minimum absolute atomic E-state index is 0.0728. The van der Waals surface area contributed by atoms with Crippen LogP contribution in [0.15, 0.2) is 46.7 Å². The van der Waals surface area contributed by atoms with Gasteiger partial charge in [0.15, 0.2) is 9.84 Å².